The van der Waals surface area contributed by atoms with E-state index in [2.05, 4.69) is 20.5 Å². The smallest absolute Gasteiger partial charge is 0.245 e. The highest BCUT2D eigenvalue weighted by atomic mass is 35.5. The van der Waals surface area contributed by atoms with Crippen LogP contribution in [0.25, 0.3) is 10.4 Å². The van der Waals surface area contributed by atoms with Gasteiger partial charge in [0.2, 0.25) is 11.9 Å². The fourth-order valence-electron chi connectivity index (χ4n) is 1.97. The van der Waals surface area contributed by atoms with Crippen LogP contribution in [-0.4, -0.2) is 29.3 Å². The Morgan fingerprint density at radius 1 is 1.13 bits per heavy atom. The van der Waals surface area contributed by atoms with Crippen LogP contribution in [0.5, 0.6) is 0 Å². The molecule has 1 aromatic carbocycles. The molecule has 0 radical (unpaired) electrons. The molecule has 0 atom stereocenters. The van der Waals surface area contributed by atoms with Gasteiger partial charge in [0.1, 0.15) is 0 Å². The highest BCUT2D eigenvalue weighted by molar-refractivity contribution is 7.19. The number of hydrogen-bond acceptors (Lipinski definition) is 5. The lowest BCUT2D eigenvalue weighted by molar-refractivity contribution is 0.999. The van der Waals surface area contributed by atoms with Crippen molar-refractivity contribution in [1.29, 1.82) is 0 Å². The van der Waals surface area contributed by atoms with Gasteiger partial charge in [0.05, 0.1) is 14.4 Å². The number of aromatic amines is 1. The second kappa shape index (κ2) is 6.57. The standard InChI is InChI=1S/C14H12Cl3N5S/c1-22(2)14-19-13(20-21-14)18-7-5-8(15)12(9(16)6-7)10-3-4-11(17)23-10/h3-6H,1-2H3,(H2,18,19,20,21). The molecule has 2 N–H and O–H groups in total. The number of rotatable bonds is 4. The summed E-state index contributed by atoms with van der Waals surface area (Å²) in [5.41, 5.74) is 1.48. The molecular formula is C14H12Cl3N5S. The zero-order valence-electron chi connectivity index (χ0n) is 12.2. The van der Waals surface area contributed by atoms with Gasteiger partial charge in [-0.3, -0.25) is 0 Å². The average Bonchev–Trinajstić information content (AvgIpc) is 3.08. The minimum Gasteiger partial charge on any atom is -0.346 e. The van der Waals surface area contributed by atoms with Crippen molar-refractivity contribution in [3.05, 3.63) is 38.6 Å². The molecule has 0 spiro atoms. The van der Waals surface area contributed by atoms with Crippen molar-refractivity contribution >= 4 is 63.7 Å². The molecule has 0 aliphatic rings. The summed E-state index contributed by atoms with van der Waals surface area (Å²) < 4.78 is 0.687. The molecule has 0 saturated heterocycles. The largest absolute Gasteiger partial charge is 0.346 e. The fraction of sp³-hybridized carbons (Fsp3) is 0.143. The van der Waals surface area contributed by atoms with Gasteiger partial charge in [0.15, 0.2) is 0 Å². The van der Waals surface area contributed by atoms with Crippen molar-refractivity contribution in [2.45, 2.75) is 0 Å². The fourth-order valence-corrected chi connectivity index (χ4v) is 3.89. The molecule has 2 heterocycles. The van der Waals surface area contributed by atoms with Gasteiger partial charge in [-0.15, -0.1) is 16.4 Å². The molecule has 3 aromatic rings. The Bertz CT molecular complexity index is 820. The molecule has 0 saturated carbocycles. The Balaban J connectivity index is 1.90. The zero-order valence-corrected chi connectivity index (χ0v) is 15.3. The Hall–Kier alpha value is -1.47. The van der Waals surface area contributed by atoms with E-state index in [1.54, 1.807) is 17.0 Å². The Kier molecular flexibility index (Phi) is 4.68. The van der Waals surface area contributed by atoms with E-state index in [-0.39, 0.29) is 0 Å². The number of halogens is 3. The van der Waals surface area contributed by atoms with E-state index in [1.807, 2.05) is 26.2 Å². The average molecular weight is 389 g/mol. The molecule has 0 fully saturated rings. The Labute approximate surface area is 152 Å². The second-order valence-electron chi connectivity index (χ2n) is 4.92. The number of nitrogens with zero attached hydrogens (tertiary/aromatic N) is 3. The van der Waals surface area contributed by atoms with E-state index in [0.717, 1.165) is 10.4 Å². The third kappa shape index (κ3) is 3.55. The van der Waals surface area contributed by atoms with E-state index < -0.39 is 0 Å². The molecule has 9 heteroatoms. The van der Waals surface area contributed by atoms with Gasteiger partial charge in [0.25, 0.3) is 0 Å². The molecule has 3 rings (SSSR count). The van der Waals surface area contributed by atoms with Gasteiger partial charge in [-0.25, -0.2) is 5.10 Å². The first kappa shape index (κ1) is 16.4. The monoisotopic (exact) mass is 387 g/mol. The van der Waals surface area contributed by atoms with Crippen LogP contribution in [0.4, 0.5) is 17.6 Å². The minimum atomic E-state index is 0.507. The summed E-state index contributed by atoms with van der Waals surface area (Å²) in [5, 5.41) is 11.0. The van der Waals surface area contributed by atoms with Crippen LogP contribution in [0.1, 0.15) is 0 Å². The quantitative estimate of drug-likeness (QED) is 0.636. The normalized spacial score (nSPS) is 10.8. The zero-order chi connectivity index (χ0) is 16.6. The van der Waals surface area contributed by atoms with Crippen LogP contribution >= 0.6 is 46.1 Å². The molecule has 0 amide bonds. The van der Waals surface area contributed by atoms with Crippen molar-refractivity contribution in [3.8, 4) is 10.4 Å². The Morgan fingerprint density at radius 3 is 2.35 bits per heavy atom. The predicted molar refractivity (Wildman–Crippen MR) is 98.8 cm³/mol. The van der Waals surface area contributed by atoms with Gasteiger partial charge in [-0.1, -0.05) is 34.8 Å². The van der Waals surface area contributed by atoms with Crippen molar-refractivity contribution in [2.75, 3.05) is 24.3 Å². The summed E-state index contributed by atoms with van der Waals surface area (Å²) in [7, 11) is 3.73. The molecule has 0 aliphatic carbocycles. The third-order valence-electron chi connectivity index (χ3n) is 3.00. The van der Waals surface area contributed by atoms with Gasteiger partial charge in [0, 0.05) is 30.2 Å². The summed E-state index contributed by atoms with van der Waals surface area (Å²) in [6.45, 7) is 0. The van der Waals surface area contributed by atoms with Gasteiger partial charge in [-0.05, 0) is 24.3 Å². The summed E-state index contributed by atoms with van der Waals surface area (Å²) in [4.78, 5) is 7.01. The number of thiophene rings is 1. The summed E-state index contributed by atoms with van der Waals surface area (Å²) >= 11 is 20.2. The Morgan fingerprint density at radius 2 is 1.83 bits per heavy atom. The molecule has 0 aliphatic heterocycles. The van der Waals surface area contributed by atoms with Crippen LogP contribution in [0, 0.1) is 0 Å². The van der Waals surface area contributed by atoms with Gasteiger partial charge >= 0.3 is 0 Å². The van der Waals surface area contributed by atoms with Gasteiger partial charge < -0.3 is 10.2 Å². The van der Waals surface area contributed by atoms with E-state index in [0.29, 0.717) is 32.0 Å². The third-order valence-corrected chi connectivity index (χ3v) is 4.84. The molecule has 120 valence electrons. The summed E-state index contributed by atoms with van der Waals surface area (Å²) in [5.74, 6) is 1.09. The number of H-pyrrole nitrogens is 1. The number of aromatic nitrogens is 3. The van der Waals surface area contributed by atoms with Crippen LogP contribution in [-0.2, 0) is 0 Å². The van der Waals surface area contributed by atoms with Crippen molar-refractivity contribution < 1.29 is 0 Å². The predicted octanol–water partition coefficient (Wildman–Crippen LogP) is 5.30. The van der Waals surface area contributed by atoms with E-state index in [9.17, 15) is 0 Å². The van der Waals surface area contributed by atoms with Gasteiger partial charge in [-0.2, -0.15) is 4.98 Å². The molecular weight excluding hydrogens is 377 g/mol. The lowest BCUT2D eigenvalue weighted by Gasteiger charge is -2.09. The van der Waals surface area contributed by atoms with Crippen LogP contribution < -0.4 is 10.2 Å². The van der Waals surface area contributed by atoms with Crippen molar-refractivity contribution in [1.82, 2.24) is 15.2 Å². The van der Waals surface area contributed by atoms with Crippen LogP contribution in [0.3, 0.4) is 0 Å². The molecule has 5 nitrogen and oxygen atoms in total. The SMILES string of the molecule is CN(C)c1n[nH]c(Nc2cc(Cl)c(-c3ccc(Cl)s3)c(Cl)c2)n1. The number of anilines is 3. The lowest BCUT2D eigenvalue weighted by atomic mass is 10.1. The molecule has 0 unspecified atom stereocenters. The maximum atomic E-state index is 6.39. The van der Waals surface area contributed by atoms with Crippen molar-refractivity contribution in [3.63, 3.8) is 0 Å². The van der Waals surface area contributed by atoms with Crippen molar-refractivity contribution in [2.24, 2.45) is 0 Å². The minimum absolute atomic E-state index is 0.507. The molecule has 23 heavy (non-hydrogen) atoms. The first-order chi connectivity index (χ1) is 10.9. The maximum absolute atomic E-state index is 6.39. The molecule has 2 aromatic heterocycles. The lowest BCUT2D eigenvalue weighted by Crippen LogP contribution is -2.10. The van der Waals surface area contributed by atoms with E-state index in [4.69, 9.17) is 34.8 Å². The first-order valence-electron chi connectivity index (χ1n) is 6.55. The number of benzene rings is 1. The van der Waals surface area contributed by atoms with E-state index >= 15 is 0 Å². The molecule has 0 bridgehead atoms. The highest BCUT2D eigenvalue weighted by Gasteiger charge is 2.14. The first-order valence-corrected chi connectivity index (χ1v) is 8.50. The van der Waals surface area contributed by atoms with Crippen LogP contribution in [0.2, 0.25) is 14.4 Å². The second-order valence-corrected chi connectivity index (χ2v) is 7.45. The van der Waals surface area contributed by atoms with Crippen LogP contribution in [0.15, 0.2) is 24.3 Å². The summed E-state index contributed by atoms with van der Waals surface area (Å²) in [6, 6.07) is 7.28. The van der Waals surface area contributed by atoms with E-state index in [1.165, 1.54) is 11.3 Å². The number of nitrogens with one attached hydrogen (secondary N) is 2. The highest BCUT2D eigenvalue weighted by Crippen LogP contribution is 2.41. The summed E-state index contributed by atoms with van der Waals surface area (Å²) in [6.07, 6.45) is 0. The topological polar surface area (TPSA) is 56.8 Å². The maximum Gasteiger partial charge on any atom is 0.245 e. The number of hydrogen-bond donors (Lipinski definition) is 2.